The maximum absolute atomic E-state index is 11.2. The quantitative estimate of drug-likeness (QED) is 0.517. The van der Waals surface area contributed by atoms with Crippen LogP contribution >= 0.6 is 0 Å². The molecule has 0 aliphatic carbocycles. The van der Waals surface area contributed by atoms with E-state index in [1.165, 1.54) is 11.1 Å². The molecule has 0 amide bonds. The van der Waals surface area contributed by atoms with Crippen LogP contribution in [0.15, 0.2) is 42.5 Å². The molecule has 0 aromatic heterocycles. The fourth-order valence-electron chi connectivity index (χ4n) is 2.70. The molecule has 0 spiro atoms. The van der Waals surface area contributed by atoms with E-state index in [0.29, 0.717) is 12.2 Å². The number of nitro groups is 1. The average Bonchev–Trinajstić information content (AvgIpc) is 2.46. The van der Waals surface area contributed by atoms with Crippen LogP contribution < -0.4 is 10.6 Å². The summed E-state index contributed by atoms with van der Waals surface area (Å²) in [6.07, 6.45) is 0.891. The molecular formula is C15H15N3O2. The number of fused-ring (bicyclic) bond motifs is 1. The van der Waals surface area contributed by atoms with Gasteiger partial charge >= 0.3 is 5.69 Å². The summed E-state index contributed by atoms with van der Waals surface area (Å²) in [5.41, 5.74) is 9.11. The van der Waals surface area contributed by atoms with Crippen LogP contribution in [-0.2, 0) is 13.0 Å². The Labute approximate surface area is 116 Å². The number of benzene rings is 2. The van der Waals surface area contributed by atoms with Gasteiger partial charge in [-0.15, -0.1) is 0 Å². The second kappa shape index (κ2) is 4.85. The third kappa shape index (κ3) is 2.07. The first kappa shape index (κ1) is 12.5. The van der Waals surface area contributed by atoms with Crippen molar-refractivity contribution in [3.8, 4) is 0 Å². The minimum Gasteiger partial charge on any atom is -0.393 e. The van der Waals surface area contributed by atoms with E-state index in [0.717, 1.165) is 13.0 Å². The van der Waals surface area contributed by atoms with Crippen LogP contribution in [0.3, 0.4) is 0 Å². The summed E-state index contributed by atoms with van der Waals surface area (Å²) < 4.78 is 0. The topological polar surface area (TPSA) is 72.4 Å². The van der Waals surface area contributed by atoms with Gasteiger partial charge in [0.15, 0.2) is 0 Å². The minimum absolute atomic E-state index is 0.00637. The highest BCUT2D eigenvalue weighted by atomic mass is 16.6. The predicted octanol–water partition coefficient (Wildman–Crippen LogP) is 2.74. The first-order valence-corrected chi connectivity index (χ1v) is 6.51. The highest BCUT2D eigenvalue weighted by Gasteiger charge is 2.25. The summed E-state index contributed by atoms with van der Waals surface area (Å²) in [5, 5.41) is 11.2. The van der Waals surface area contributed by atoms with Crippen LogP contribution in [-0.4, -0.2) is 11.5 Å². The summed E-state index contributed by atoms with van der Waals surface area (Å²) in [5.74, 6) is 0. The van der Waals surface area contributed by atoms with Crippen LogP contribution in [0.2, 0.25) is 0 Å². The van der Waals surface area contributed by atoms with E-state index in [4.69, 9.17) is 5.73 Å². The molecule has 2 N–H and O–H groups in total. The van der Waals surface area contributed by atoms with Gasteiger partial charge in [0.1, 0.15) is 11.4 Å². The molecule has 5 nitrogen and oxygen atoms in total. The Bertz CT molecular complexity index is 670. The summed E-state index contributed by atoms with van der Waals surface area (Å²) in [6.45, 7) is 1.45. The molecule has 102 valence electrons. The Morgan fingerprint density at radius 1 is 1.10 bits per heavy atom. The normalized spacial score (nSPS) is 13.9. The standard InChI is InChI=1S/C15H15N3O2/c16-13-6-3-7-14(15(13)18(19)20)17-9-8-11-4-1-2-5-12(11)10-17/h1-7H,8-10,16H2. The minimum atomic E-state index is -0.398. The van der Waals surface area contributed by atoms with Crippen molar-refractivity contribution >= 4 is 17.1 Å². The number of nitro benzene ring substituents is 1. The lowest BCUT2D eigenvalue weighted by molar-refractivity contribution is -0.383. The number of rotatable bonds is 2. The number of para-hydroxylation sites is 1. The average molecular weight is 269 g/mol. The van der Waals surface area contributed by atoms with E-state index in [9.17, 15) is 10.1 Å². The number of anilines is 2. The smallest absolute Gasteiger partial charge is 0.315 e. The molecule has 0 radical (unpaired) electrons. The monoisotopic (exact) mass is 269 g/mol. The third-order valence-corrected chi connectivity index (χ3v) is 3.70. The van der Waals surface area contributed by atoms with Gasteiger partial charge in [-0.05, 0) is 29.7 Å². The number of hydrogen-bond donors (Lipinski definition) is 1. The second-order valence-corrected chi connectivity index (χ2v) is 4.91. The molecule has 0 atom stereocenters. The Balaban J connectivity index is 2.00. The zero-order valence-electron chi connectivity index (χ0n) is 11.0. The van der Waals surface area contributed by atoms with Crippen molar-refractivity contribution < 1.29 is 4.92 Å². The van der Waals surface area contributed by atoms with Gasteiger partial charge in [-0.25, -0.2) is 0 Å². The summed E-state index contributed by atoms with van der Waals surface area (Å²) in [4.78, 5) is 12.9. The lowest BCUT2D eigenvalue weighted by atomic mass is 9.99. The largest absolute Gasteiger partial charge is 0.393 e. The highest BCUT2D eigenvalue weighted by molar-refractivity contribution is 5.75. The predicted molar refractivity (Wildman–Crippen MR) is 78.7 cm³/mol. The van der Waals surface area contributed by atoms with Crippen molar-refractivity contribution in [2.45, 2.75) is 13.0 Å². The van der Waals surface area contributed by atoms with Gasteiger partial charge in [-0.2, -0.15) is 0 Å². The number of hydrogen-bond acceptors (Lipinski definition) is 4. The van der Waals surface area contributed by atoms with Gasteiger partial charge in [0.05, 0.1) is 4.92 Å². The van der Waals surface area contributed by atoms with E-state index in [1.54, 1.807) is 18.2 Å². The van der Waals surface area contributed by atoms with Gasteiger partial charge in [-0.3, -0.25) is 10.1 Å². The Hall–Kier alpha value is -2.56. The van der Waals surface area contributed by atoms with E-state index < -0.39 is 4.92 Å². The molecule has 20 heavy (non-hydrogen) atoms. The van der Waals surface area contributed by atoms with Crippen molar-refractivity contribution in [2.24, 2.45) is 0 Å². The molecule has 0 unspecified atom stereocenters. The molecule has 0 fully saturated rings. The maximum atomic E-state index is 11.2. The molecule has 5 heteroatoms. The molecule has 2 aromatic carbocycles. The van der Waals surface area contributed by atoms with Gasteiger partial charge in [0.25, 0.3) is 0 Å². The molecule has 1 aliphatic rings. The van der Waals surface area contributed by atoms with Gasteiger partial charge in [-0.1, -0.05) is 30.3 Å². The lowest BCUT2D eigenvalue weighted by Crippen LogP contribution is -2.30. The third-order valence-electron chi connectivity index (χ3n) is 3.70. The second-order valence-electron chi connectivity index (χ2n) is 4.91. The Kier molecular flexibility index (Phi) is 3.02. The van der Waals surface area contributed by atoms with Crippen LogP contribution in [0.1, 0.15) is 11.1 Å². The molecule has 0 saturated heterocycles. The van der Waals surface area contributed by atoms with Crippen molar-refractivity contribution in [1.29, 1.82) is 0 Å². The molecule has 2 aromatic rings. The molecule has 1 heterocycles. The lowest BCUT2D eigenvalue weighted by Gasteiger charge is -2.30. The van der Waals surface area contributed by atoms with E-state index >= 15 is 0 Å². The van der Waals surface area contributed by atoms with Crippen LogP contribution in [0.5, 0.6) is 0 Å². The molecule has 3 rings (SSSR count). The summed E-state index contributed by atoms with van der Waals surface area (Å²) in [7, 11) is 0. The maximum Gasteiger partial charge on any atom is 0.315 e. The summed E-state index contributed by atoms with van der Waals surface area (Å²) >= 11 is 0. The van der Waals surface area contributed by atoms with Crippen molar-refractivity contribution in [1.82, 2.24) is 0 Å². The molecular weight excluding hydrogens is 254 g/mol. The zero-order chi connectivity index (χ0) is 14.1. The summed E-state index contributed by atoms with van der Waals surface area (Å²) in [6, 6.07) is 13.3. The van der Waals surface area contributed by atoms with Gasteiger partial charge in [0.2, 0.25) is 0 Å². The number of nitrogens with zero attached hydrogens (tertiary/aromatic N) is 2. The fraction of sp³-hybridized carbons (Fsp3) is 0.200. The van der Waals surface area contributed by atoms with Crippen molar-refractivity contribution in [3.63, 3.8) is 0 Å². The highest BCUT2D eigenvalue weighted by Crippen LogP contribution is 2.35. The molecule has 0 bridgehead atoms. The number of nitrogens with two attached hydrogens (primary N) is 1. The van der Waals surface area contributed by atoms with E-state index in [2.05, 4.69) is 12.1 Å². The van der Waals surface area contributed by atoms with Crippen molar-refractivity contribution in [2.75, 3.05) is 17.2 Å². The van der Waals surface area contributed by atoms with Crippen molar-refractivity contribution in [3.05, 3.63) is 63.7 Å². The van der Waals surface area contributed by atoms with E-state index in [1.807, 2.05) is 17.0 Å². The number of nitrogen functional groups attached to an aromatic ring is 1. The first-order chi connectivity index (χ1) is 9.66. The Morgan fingerprint density at radius 2 is 1.85 bits per heavy atom. The fourth-order valence-corrected chi connectivity index (χ4v) is 2.70. The first-order valence-electron chi connectivity index (χ1n) is 6.51. The Morgan fingerprint density at radius 3 is 2.60 bits per heavy atom. The molecule has 0 saturated carbocycles. The van der Waals surface area contributed by atoms with Crippen LogP contribution in [0.4, 0.5) is 17.1 Å². The SMILES string of the molecule is Nc1cccc(N2CCc3ccccc3C2)c1[N+](=O)[O-]. The van der Waals surface area contributed by atoms with Gasteiger partial charge in [0, 0.05) is 13.1 Å². The van der Waals surface area contributed by atoms with Crippen LogP contribution in [0, 0.1) is 10.1 Å². The van der Waals surface area contributed by atoms with Crippen LogP contribution in [0.25, 0.3) is 0 Å². The van der Waals surface area contributed by atoms with Gasteiger partial charge < -0.3 is 10.6 Å². The molecule has 1 aliphatic heterocycles. The van der Waals surface area contributed by atoms with E-state index in [-0.39, 0.29) is 11.4 Å². The zero-order valence-corrected chi connectivity index (χ0v) is 11.0.